The second-order valence-corrected chi connectivity index (χ2v) is 7.14. The van der Waals surface area contributed by atoms with E-state index in [1.54, 1.807) is 0 Å². The van der Waals surface area contributed by atoms with Gasteiger partial charge in [-0.15, -0.1) is 0 Å². The van der Waals surface area contributed by atoms with Gasteiger partial charge in [-0.25, -0.2) is 15.3 Å². The highest BCUT2D eigenvalue weighted by atomic mass is 16.7. The predicted molar refractivity (Wildman–Crippen MR) is 101 cm³/mol. The van der Waals surface area contributed by atoms with Crippen molar-refractivity contribution >= 4 is 11.7 Å². The fourth-order valence-corrected chi connectivity index (χ4v) is 3.46. The van der Waals surface area contributed by atoms with Crippen molar-refractivity contribution in [2.75, 3.05) is 13.1 Å². The summed E-state index contributed by atoms with van der Waals surface area (Å²) in [4.78, 5) is 25.2. The number of aliphatic imine (C=N–C) groups is 1. The summed E-state index contributed by atoms with van der Waals surface area (Å²) >= 11 is 0. The van der Waals surface area contributed by atoms with Gasteiger partial charge in [0, 0.05) is 37.1 Å². The number of carbonyl (C=O) groups is 1. The molecule has 2 aliphatic rings. The van der Waals surface area contributed by atoms with Gasteiger partial charge in [-0.1, -0.05) is 47.5 Å². The van der Waals surface area contributed by atoms with E-state index in [4.69, 9.17) is 9.83 Å². The number of nitrogens with one attached hydrogen (secondary N) is 1. The van der Waals surface area contributed by atoms with E-state index in [-0.39, 0.29) is 5.91 Å². The smallest absolute Gasteiger partial charge is 0.253 e. The van der Waals surface area contributed by atoms with Crippen molar-refractivity contribution in [3.63, 3.8) is 0 Å². The van der Waals surface area contributed by atoms with E-state index in [1.165, 1.54) is 5.56 Å². The van der Waals surface area contributed by atoms with Gasteiger partial charge < -0.3 is 4.90 Å². The summed E-state index contributed by atoms with van der Waals surface area (Å²) in [6.45, 7) is 5.34. The largest absolute Gasteiger partial charge is 0.338 e. The van der Waals surface area contributed by atoms with Crippen LogP contribution in [0.5, 0.6) is 0 Å². The van der Waals surface area contributed by atoms with Crippen molar-refractivity contribution in [1.29, 1.82) is 0 Å². The van der Waals surface area contributed by atoms with Gasteiger partial charge in [0.1, 0.15) is 0 Å². The third kappa shape index (κ3) is 3.22. The number of rotatable bonds is 2. The number of amides is 1. The van der Waals surface area contributed by atoms with Gasteiger partial charge in [0.2, 0.25) is 0 Å². The number of carbonyl (C=O) groups excluding carboxylic acids is 1. The molecule has 1 spiro atoms. The third-order valence-corrected chi connectivity index (χ3v) is 5.08. The van der Waals surface area contributed by atoms with Gasteiger partial charge in [0.25, 0.3) is 5.91 Å². The number of piperidine rings is 1. The fraction of sp³-hybridized carbons (Fsp3) is 0.333. The molecule has 0 bridgehead atoms. The summed E-state index contributed by atoms with van der Waals surface area (Å²) in [6.07, 6.45) is 1.37. The zero-order valence-electron chi connectivity index (χ0n) is 15.2. The first-order valence-corrected chi connectivity index (χ1v) is 9.02. The molecule has 2 aliphatic heterocycles. The molecule has 26 heavy (non-hydrogen) atoms. The average Bonchev–Trinajstić information content (AvgIpc) is 3.06. The highest BCUT2D eigenvalue weighted by molar-refractivity contribution is 5.99. The topological polar surface area (TPSA) is 53.9 Å². The molecule has 5 nitrogen and oxygen atoms in total. The first-order valence-electron chi connectivity index (χ1n) is 9.02. The quantitative estimate of drug-likeness (QED) is 0.906. The van der Waals surface area contributed by atoms with E-state index < -0.39 is 5.72 Å². The average molecular weight is 349 g/mol. The Kier molecular flexibility index (Phi) is 4.24. The molecule has 0 unspecified atom stereocenters. The highest BCUT2D eigenvalue weighted by Gasteiger charge is 2.41. The minimum atomic E-state index is -0.566. The lowest BCUT2D eigenvalue weighted by Gasteiger charge is -2.35. The predicted octanol–water partition coefficient (Wildman–Crippen LogP) is 3.22. The Morgan fingerprint density at radius 3 is 2.50 bits per heavy atom. The van der Waals surface area contributed by atoms with Gasteiger partial charge in [-0.3, -0.25) is 4.79 Å². The Hall–Kier alpha value is -2.66. The van der Waals surface area contributed by atoms with E-state index in [9.17, 15) is 4.79 Å². The Balaban J connectivity index is 1.45. The zero-order valence-corrected chi connectivity index (χ0v) is 15.2. The summed E-state index contributed by atoms with van der Waals surface area (Å²) in [5, 5.41) is 0. The molecule has 1 saturated heterocycles. The molecule has 1 N–H and O–H groups in total. The molecule has 2 aromatic carbocycles. The Morgan fingerprint density at radius 2 is 1.81 bits per heavy atom. The minimum Gasteiger partial charge on any atom is -0.338 e. The van der Waals surface area contributed by atoms with Crippen LogP contribution in [0.4, 0.5) is 0 Å². The second kappa shape index (κ2) is 6.57. The van der Waals surface area contributed by atoms with Crippen LogP contribution in [0, 0.1) is 13.8 Å². The number of hydrogen-bond acceptors (Lipinski definition) is 4. The molecular formula is C21H23N3O2. The van der Waals surface area contributed by atoms with E-state index in [2.05, 4.69) is 24.5 Å². The second-order valence-electron chi connectivity index (χ2n) is 7.14. The summed E-state index contributed by atoms with van der Waals surface area (Å²) in [5.41, 5.74) is 6.49. The molecule has 2 aromatic rings. The van der Waals surface area contributed by atoms with Gasteiger partial charge in [-0.2, -0.15) is 0 Å². The Labute approximate surface area is 153 Å². The van der Waals surface area contributed by atoms with Crippen LogP contribution < -0.4 is 5.48 Å². The SMILES string of the molecule is Cc1ccc(C2=NC3(CCN(C(=O)c4cccc(C)c4)CC3)ON2)cc1. The zero-order chi connectivity index (χ0) is 18.1. The Morgan fingerprint density at radius 1 is 1.08 bits per heavy atom. The molecular weight excluding hydrogens is 326 g/mol. The maximum Gasteiger partial charge on any atom is 0.253 e. The van der Waals surface area contributed by atoms with Crippen LogP contribution in [-0.2, 0) is 4.84 Å². The van der Waals surface area contributed by atoms with E-state index >= 15 is 0 Å². The summed E-state index contributed by atoms with van der Waals surface area (Å²) in [6, 6.07) is 16.0. The minimum absolute atomic E-state index is 0.0808. The third-order valence-electron chi connectivity index (χ3n) is 5.08. The molecule has 2 heterocycles. The summed E-state index contributed by atoms with van der Waals surface area (Å²) in [7, 11) is 0. The number of hydroxylamine groups is 1. The highest BCUT2D eigenvalue weighted by Crippen LogP contribution is 2.31. The van der Waals surface area contributed by atoms with Crippen LogP contribution in [0.3, 0.4) is 0 Å². The molecule has 0 atom stereocenters. The number of likely N-dealkylation sites (tertiary alicyclic amines) is 1. The van der Waals surface area contributed by atoms with Crippen LogP contribution in [0.15, 0.2) is 53.5 Å². The van der Waals surface area contributed by atoms with Crippen molar-refractivity contribution in [2.45, 2.75) is 32.4 Å². The van der Waals surface area contributed by atoms with Crippen molar-refractivity contribution in [3.05, 3.63) is 70.8 Å². The lowest BCUT2D eigenvalue weighted by atomic mass is 10.00. The van der Waals surface area contributed by atoms with Crippen molar-refractivity contribution < 1.29 is 9.63 Å². The number of amidine groups is 1. The molecule has 0 saturated carbocycles. The van der Waals surface area contributed by atoms with Gasteiger partial charge in [0.05, 0.1) is 0 Å². The first kappa shape index (κ1) is 16.8. The normalized spacial score (nSPS) is 18.5. The summed E-state index contributed by atoms with van der Waals surface area (Å²) < 4.78 is 0. The molecule has 0 radical (unpaired) electrons. The van der Waals surface area contributed by atoms with Crippen LogP contribution in [-0.4, -0.2) is 35.5 Å². The van der Waals surface area contributed by atoms with Crippen LogP contribution in [0.25, 0.3) is 0 Å². The fourth-order valence-electron chi connectivity index (χ4n) is 3.46. The molecule has 0 aliphatic carbocycles. The molecule has 134 valence electrons. The van der Waals surface area contributed by atoms with Crippen LogP contribution in [0.2, 0.25) is 0 Å². The van der Waals surface area contributed by atoms with Crippen LogP contribution in [0.1, 0.15) is 39.9 Å². The van der Waals surface area contributed by atoms with Crippen molar-refractivity contribution in [2.24, 2.45) is 4.99 Å². The lowest BCUT2D eigenvalue weighted by molar-refractivity contribution is -0.0849. The van der Waals surface area contributed by atoms with E-state index in [0.717, 1.165) is 22.5 Å². The van der Waals surface area contributed by atoms with Gasteiger partial charge in [0.15, 0.2) is 11.6 Å². The summed E-state index contributed by atoms with van der Waals surface area (Å²) in [5.74, 6) is 0.848. The standard InChI is InChI=1S/C21H23N3O2/c1-15-6-8-17(9-7-15)19-22-21(26-23-19)10-12-24(13-11-21)20(25)18-5-3-4-16(2)14-18/h3-9,14H,10-13H2,1-2H3,(H,22,23). The molecule has 4 rings (SSSR count). The van der Waals surface area contributed by atoms with Crippen molar-refractivity contribution in [3.8, 4) is 0 Å². The van der Waals surface area contributed by atoms with Crippen LogP contribution >= 0.6 is 0 Å². The van der Waals surface area contributed by atoms with E-state index in [1.807, 2.05) is 48.2 Å². The van der Waals surface area contributed by atoms with Gasteiger partial charge in [-0.05, 0) is 26.0 Å². The lowest BCUT2D eigenvalue weighted by Crippen LogP contribution is -2.46. The maximum absolute atomic E-state index is 12.7. The van der Waals surface area contributed by atoms with E-state index in [0.29, 0.717) is 25.9 Å². The monoisotopic (exact) mass is 349 g/mol. The molecule has 1 fully saturated rings. The van der Waals surface area contributed by atoms with Gasteiger partial charge >= 0.3 is 0 Å². The number of benzene rings is 2. The number of nitrogens with zero attached hydrogens (tertiary/aromatic N) is 2. The number of aryl methyl sites for hydroxylation is 2. The maximum atomic E-state index is 12.7. The first-order chi connectivity index (χ1) is 12.5. The molecule has 5 heteroatoms. The molecule has 0 aromatic heterocycles. The molecule has 1 amide bonds. The van der Waals surface area contributed by atoms with Crippen molar-refractivity contribution in [1.82, 2.24) is 10.4 Å². The number of hydrogen-bond donors (Lipinski definition) is 1. The Bertz CT molecular complexity index is 850.